The molecule has 20 heavy (non-hydrogen) atoms. The average Bonchev–Trinajstić information content (AvgIpc) is 2.48. The predicted molar refractivity (Wildman–Crippen MR) is 82.1 cm³/mol. The van der Waals surface area contributed by atoms with Gasteiger partial charge in [0.1, 0.15) is 5.75 Å². The topological polar surface area (TPSA) is 41.6 Å². The lowest BCUT2D eigenvalue weighted by atomic mass is 10.1. The van der Waals surface area contributed by atoms with Gasteiger partial charge in [0.05, 0.1) is 7.11 Å². The average molecular weight is 278 g/mol. The normalized spacial score (nSPS) is 10.6. The zero-order valence-electron chi connectivity index (χ0n) is 12.8. The molecule has 1 rings (SSSR count). The third kappa shape index (κ3) is 6.06. The molecule has 0 saturated heterocycles. The second-order valence-electron chi connectivity index (χ2n) is 4.73. The Bertz CT molecular complexity index is 403. The molecule has 0 unspecified atom stereocenters. The van der Waals surface area contributed by atoms with Gasteiger partial charge in [-0.1, -0.05) is 26.0 Å². The quantitative estimate of drug-likeness (QED) is 0.752. The van der Waals surface area contributed by atoms with E-state index in [9.17, 15) is 4.79 Å². The van der Waals surface area contributed by atoms with Crippen molar-refractivity contribution in [3.8, 4) is 5.75 Å². The zero-order valence-corrected chi connectivity index (χ0v) is 12.8. The molecule has 1 aromatic rings. The summed E-state index contributed by atoms with van der Waals surface area (Å²) in [5.41, 5.74) is 1.17. The van der Waals surface area contributed by atoms with Gasteiger partial charge in [-0.15, -0.1) is 0 Å². The molecule has 0 atom stereocenters. The Morgan fingerprint density at radius 2 is 2.05 bits per heavy atom. The van der Waals surface area contributed by atoms with E-state index in [4.69, 9.17) is 4.74 Å². The number of hydrogen-bond donors (Lipinski definition) is 1. The molecule has 0 aliphatic carbocycles. The van der Waals surface area contributed by atoms with Crippen LogP contribution in [0.3, 0.4) is 0 Å². The number of nitrogens with one attached hydrogen (secondary N) is 1. The van der Waals surface area contributed by atoms with Gasteiger partial charge in [-0.3, -0.25) is 4.79 Å². The van der Waals surface area contributed by atoms with Crippen molar-refractivity contribution in [1.82, 2.24) is 10.2 Å². The monoisotopic (exact) mass is 278 g/mol. The van der Waals surface area contributed by atoms with Crippen molar-refractivity contribution < 1.29 is 9.53 Å². The predicted octanol–water partition coefficient (Wildman–Crippen LogP) is 2.09. The van der Waals surface area contributed by atoms with Gasteiger partial charge in [-0.25, -0.2) is 0 Å². The van der Waals surface area contributed by atoms with E-state index in [1.807, 2.05) is 24.3 Å². The Kier molecular flexibility index (Phi) is 7.73. The molecule has 0 heterocycles. The highest BCUT2D eigenvalue weighted by molar-refractivity contribution is 5.76. The third-order valence-electron chi connectivity index (χ3n) is 3.42. The first-order chi connectivity index (χ1) is 9.69. The largest absolute Gasteiger partial charge is 0.497 e. The highest BCUT2D eigenvalue weighted by atomic mass is 16.5. The fourth-order valence-electron chi connectivity index (χ4n) is 2.06. The van der Waals surface area contributed by atoms with E-state index in [1.54, 1.807) is 7.11 Å². The smallest absolute Gasteiger partial charge is 0.221 e. The molecule has 1 aromatic carbocycles. The minimum Gasteiger partial charge on any atom is -0.497 e. The number of carbonyl (C=O) groups is 1. The molecule has 0 aromatic heterocycles. The summed E-state index contributed by atoms with van der Waals surface area (Å²) in [5.74, 6) is 0.982. The molecule has 0 saturated carbocycles. The highest BCUT2D eigenvalue weighted by Gasteiger charge is 2.04. The summed E-state index contributed by atoms with van der Waals surface area (Å²) in [6.07, 6.45) is 1.40. The van der Waals surface area contributed by atoms with Crippen LogP contribution < -0.4 is 10.1 Å². The van der Waals surface area contributed by atoms with Crippen molar-refractivity contribution in [2.45, 2.75) is 26.7 Å². The van der Waals surface area contributed by atoms with Gasteiger partial charge in [0.15, 0.2) is 0 Å². The van der Waals surface area contributed by atoms with Crippen molar-refractivity contribution in [3.63, 3.8) is 0 Å². The fourth-order valence-corrected chi connectivity index (χ4v) is 2.06. The lowest BCUT2D eigenvalue weighted by Crippen LogP contribution is -2.31. The molecule has 112 valence electrons. The standard InChI is InChI=1S/C16H26N2O2/c1-4-18(5-2)12-10-16(19)17-11-9-14-7-6-8-15(13-14)20-3/h6-8,13H,4-5,9-12H2,1-3H3,(H,17,19). The van der Waals surface area contributed by atoms with Crippen LogP contribution in [0.25, 0.3) is 0 Å². The van der Waals surface area contributed by atoms with Gasteiger partial charge in [0, 0.05) is 19.5 Å². The van der Waals surface area contributed by atoms with Crippen molar-refractivity contribution >= 4 is 5.91 Å². The van der Waals surface area contributed by atoms with Gasteiger partial charge < -0.3 is 15.0 Å². The van der Waals surface area contributed by atoms with Crippen molar-refractivity contribution in [2.75, 3.05) is 33.3 Å². The summed E-state index contributed by atoms with van der Waals surface area (Å²) < 4.78 is 5.18. The SMILES string of the molecule is CCN(CC)CCC(=O)NCCc1cccc(OC)c1. The summed E-state index contributed by atoms with van der Waals surface area (Å²) in [6.45, 7) is 7.72. The van der Waals surface area contributed by atoms with Gasteiger partial charge >= 0.3 is 0 Å². The van der Waals surface area contributed by atoms with Gasteiger partial charge in [-0.05, 0) is 37.2 Å². The van der Waals surface area contributed by atoms with E-state index in [0.29, 0.717) is 13.0 Å². The maximum atomic E-state index is 11.7. The Morgan fingerprint density at radius 3 is 2.70 bits per heavy atom. The first-order valence-electron chi connectivity index (χ1n) is 7.31. The maximum Gasteiger partial charge on any atom is 0.221 e. The second kappa shape index (κ2) is 9.37. The molecule has 0 aliphatic rings. The molecule has 0 bridgehead atoms. The number of nitrogens with zero attached hydrogens (tertiary/aromatic N) is 1. The Morgan fingerprint density at radius 1 is 1.30 bits per heavy atom. The zero-order chi connectivity index (χ0) is 14.8. The lowest BCUT2D eigenvalue weighted by Gasteiger charge is -2.17. The fraction of sp³-hybridized carbons (Fsp3) is 0.562. The first kappa shape index (κ1) is 16.5. The van der Waals surface area contributed by atoms with E-state index in [0.717, 1.165) is 31.8 Å². The number of hydrogen-bond acceptors (Lipinski definition) is 3. The molecular formula is C16H26N2O2. The minimum absolute atomic E-state index is 0.125. The molecule has 4 heteroatoms. The molecule has 1 amide bonds. The molecule has 0 aliphatic heterocycles. The molecular weight excluding hydrogens is 252 g/mol. The van der Waals surface area contributed by atoms with Crippen LogP contribution in [0.2, 0.25) is 0 Å². The molecule has 0 radical (unpaired) electrons. The maximum absolute atomic E-state index is 11.7. The summed E-state index contributed by atoms with van der Waals surface area (Å²) in [6, 6.07) is 7.94. The first-order valence-corrected chi connectivity index (χ1v) is 7.31. The highest BCUT2D eigenvalue weighted by Crippen LogP contribution is 2.12. The van der Waals surface area contributed by atoms with Crippen molar-refractivity contribution in [1.29, 1.82) is 0 Å². The molecule has 0 fully saturated rings. The number of benzene rings is 1. The number of carbonyl (C=O) groups excluding carboxylic acids is 1. The minimum atomic E-state index is 0.125. The number of rotatable bonds is 9. The Balaban J connectivity index is 2.24. The van der Waals surface area contributed by atoms with E-state index in [2.05, 4.69) is 24.1 Å². The van der Waals surface area contributed by atoms with Crippen molar-refractivity contribution in [3.05, 3.63) is 29.8 Å². The van der Waals surface area contributed by atoms with E-state index < -0.39 is 0 Å². The van der Waals surface area contributed by atoms with E-state index >= 15 is 0 Å². The van der Waals surface area contributed by atoms with Crippen LogP contribution in [-0.4, -0.2) is 44.1 Å². The summed E-state index contributed by atoms with van der Waals surface area (Å²) in [4.78, 5) is 14.0. The number of amides is 1. The van der Waals surface area contributed by atoms with Crippen LogP contribution in [0.15, 0.2) is 24.3 Å². The number of ether oxygens (including phenoxy) is 1. The van der Waals surface area contributed by atoms with Gasteiger partial charge in [-0.2, -0.15) is 0 Å². The summed E-state index contributed by atoms with van der Waals surface area (Å²) >= 11 is 0. The van der Waals surface area contributed by atoms with Crippen LogP contribution >= 0.6 is 0 Å². The lowest BCUT2D eigenvalue weighted by molar-refractivity contribution is -0.121. The second-order valence-corrected chi connectivity index (χ2v) is 4.73. The van der Waals surface area contributed by atoms with Crippen molar-refractivity contribution in [2.24, 2.45) is 0 Å². The molecule has 1 N–H and O–H groups in total. The third-order valence-corrected chi connectivity index (χ3v) is 3.42. The van der Waals surface area contributed by atoms with Gasteiger partial charge in [0.2, 0.25) is 5.91 Å². The number of methoxy groups -OCH3 is 1. The van der Waals surface area contributed by atoms with Crippen LogP contribution in [0.1, 0.15) is 25.8 Å². The molecule has 0 spiro atoms. The van der Waals surface area contributed by atoms with E-state index in [1.165, 1.54) is 5.56 Å². The van der Waals surface area contributed by atoms with E-state index in [-0.39, 0.29) is 5.91 Å². The van der Waals surface area contributed by atoms with Crippen LogP contribution in [0, 0.1) is 0 Å². The Labute approximate surface area is 122 Å². The van der Waals surface area contributed by atoms with Crippen LogP contribution in [0.5, 0.6) is 5.75 Å². The molecule has 4 nitrogen and oxygen atoms in total. The summed E-state index contributed by atoms with van der Waals surface area (Å²) in [7, 11) is 1.66. The van der Waals surface area contributed by atoms with Gasteiger partial charge in [0.25, 0.3) is 0 Å². The summed E-state index contributed by atoms with van der Waals surface area (Å²) in [5, 5.41) is 2.97. The van der Waals surface area contributed by atoms with Crippen LogP contribution in [-0.2, 0) is 11.2 Å². The Hall–Kier alpha value is -1.55. The van der Waals surface area contributed by atoms with Crippen LogP contribution in [0.4, 0.5) is 0 Å².